The monoisotopic (exact) mass is 230 g/mol. The van der Waals surface area contributed by atoms with E-state index in [1.165, 1.54) is 22.7 Å². The number of hydrogen-bond acceptors (Lipinski definition) is 5. The molecule has 2 aromatic rings. The van der Waals surface area contributed by atoms with E-state index in [4.69, 9.17) is 11.6 Å². The molecule has 2 rings (SSSR count). The first-order valence-electron chi connectivity index (χ1n) is 3.32. The molecule has 66 valence electrons. The molecule has 0 aromatic carbocycles. The Morgan fingerprint density at radius 1 is 1.46 bits per heavy atom. The van der Waals surface area contributed by atoms with Crippen molar-refractivity contribution in [2.45, 2.75) is 0 Å². The van der Waals surface area contributed by atoms with Gasteiger partial charge in [0.2, 0.25) is 0 Å². The van der Waals surface area contributed by atoms with Crippen molar-refractivity contribution in [1.82, 2.24) is 9.97 Å². The molecule has 0 bridgehead atoms. The minimum atomic E-state index is 0.436. The molecule has 0 aliphatic rings. The molecule has 0 atom stereocenters. The molecule has 0 aliphatic carbocycles. The first-order chi connectivity index (χ1) is 6.29. The summed E-state index contributed by atoms with van der Waals surface area (Å²) in [6, 6.07) is 0. The number of nitrogens with zero attached hydrogens (tertiary/aromatic N) is 2. The average molecular weight is 231 g/mol. The second-order valence-electron chi connectivity index (χ2n) is 2.16. The predicted octanol–water partition coefficient (Wildman–Crippen LogP) is 2.73. The van der Waals surface area contributed by atoms with Crippen molar-refractivity contribution in [2.24, 2.45) is 0 Å². The number of rotatable bonds is 2. The fourth-order valence-corrected chi connectivity index (χ4v) is 2.51. The fraction of sp³-hybridized carbons (Fsp3) is 0. The Kier molecular flexibility index (Phi) is 2.39. The van der Waals surface area contributed by atoms with Crippen molar-refractivity contribution in [2.75, 3.05) is 0 Å². The maximum absolute atomic E-state index is 10.4. The normalized spacial score (nSPS) is 10.2. The van der Waals surface area contributed by atoms with E-state index >= 15 is 0 Å². The molecule has 2 aromatic heterocycles. The maximum atomic E-state index is 10.4. The minimum absolute atomic E-state index is 0.436. The van der Waals surface area contributed by atoms with E-state index < -0.39 is 0 Å². The summed E-state index contributed by atoms with van der Waals surface area (Å²) in [6.07, 6.45) is 2.29. The van der Waals surface area contributed by atoms with Gasteiger partial charge in [-0.25, -0.2) is 9.97 Å². The van der Waals surface area contributed by atoms with Crippen molar-refractivity contribution >= 4 is 40.6 Å². The van der Waals surface area contributed by atoms with Crippen LogP contribution in [-0.2, 0) is 0 Å². The quantitative estimate of drug-likeness (QED) is 0.745. The number of aldehydes is 1. The van der Waals surface area contributed by atoms with E-state index in [1.807, 2.05) is 0 Å². The van der Waals surface area contributed by atoms with Gasteiger partial charge in [-0.1, -0.05) is 22.9 Å². The summed E-state index contributed by atoms with van der Waals surface area (Å²) in [5.74, 6) is 0. The molecule has 0 saturated carbocycles. The first-order valence-corrected chi connectivity index (χ1v) is 5.39. The molecule has 3 nitrogen and oxygen atoms in total. The van der Waals surface area contributed by atoms with Gasteiger partial charge in [0.05, 0.1) is 6.20 Å². The Hall–Kier alpha value is -0.780. The summed E-state index contributed by atoms with van der Waals surface area (Å²) in [7, 11) is 0. The van der Waals surface area contributed by atoms with Gasteiger partial charge in [0.15, 0.2) is 16.3 Å². The van der Waals surface area contributed by atoms with Gasteiger partial charge in [0.1, 0.15) is 10.0 Å². The molecule has 0 unspecified atom stereocenters. The Morgan fingerprint density at radius 3 is 2.85 bits per heavy atom. The van der Waals surface area contributed by atoms with Crippen LogP contribution in [0.25, 0.3) is 10.0 Å². The predicted molar refractivity (Wildman–Crippen MR) is 53.6 cm³/mol. The molecule has 13 heavy (non-hydrogen) atoms. The fourth-order valence-electron chi connectivity index (χ4n) is 0.792. The second-order valence-corrected chi connectivity index (χ2v) is 4.68. The number of aromatic nitrogens is 2. The van der Waals surface area contributed by atoms with Crippen LogP contribution in [0.2, 0.25) is 4.34 Å². The van der Waals surface area contributed by atoms with Gasteiger partial charge in [-0.2, -0.15) is 0 Å². The third-order valence-corrected chi connectivity index (χ3v) is 3.42. The standard InChI is InChI=1S/C7H3ClN2OS2/c8-5-1-9-6(13-5)7-10-4(2-11)3-12-7/h1-3H. The molecule has 0 radical (unpaired) electrons. The summed E-state index contributed by atoms with van der Waals surface area (Å²) in [5, 5.41) is 3.18. The number of thiazole rings is 2. The summed E-state index contributed by atoms with van der Waals surface area (Å²) >= 11 is 8.45. The van der Waals surface area contributed by atoms with Crippen molar-refractivity contribution < 1.29 is 4.79 Å². The highest BCUT2D eigenvalue weighted by Gasteiger charge is 2.07. The Labute approximate surface area is 87.0 Å². The molecule has 0 amide bonds. The molecular formula is C7H3ClN2OS2. The van der Waals surface area contributed by atoms with Crippen LogP contribution in [-0.4, -0.2) is 16.3 Å². The lowest BCUT2D eigenvalue weighted by molar-refractivity contribution is 0.111. The van der Waals surface area contributed by atoms with Gasteiger partial charge in [-0.05, 0) is 0 Å². The lowest BCUT2D eigenvalue weighted by atomic mass is 10.5. The molecular weight excluding hydrogens is 228 g/mol. The SMILES string of the molecule is O=Cc1csc(-c2ncc(Cl)s2)n1. The van der Waals surface area contributed by atoms with Crippen LogP contribution < -0.4 is 0 Å². The van der Waals surface area contributed by atoms with Crippen molar-refractivity contribution in [3.63, 3.8) is 0 Å². The van der Waals surface area contributed by atoms with Crippen LogP contribution in [0.5, 0.6) is 0 Å². The second kappa shape index (κ2) is 3.53. The van der Waals surface area contributed by atoms with Gasteiger partial charge in [0, 0.05) is 5.38 Å². The Morgan fingerprint density at radius 2 is 2.31 bits per heavy atom. The number of halogens is 1. The number of carbonyl (C=O) groups excluding carboxylic acids is 1. The van der Waals surface area contributed by atoms with Crippen molar-refractivity contribution in [3.05, 3.63) is 21.6 Å². The van der Waals surface area contributed by atoms with E-state index in [-0.39, 0.29) is 0 Å². The first kappa shape index (κ1) is 8.80. The maximum Gasteiger partial charge on any atom is 0.169 e. The van der Waals surface area contributed by atoms with Gasteiger partial charge >= 0.3 is 0 Å². The Bertz CT molecular complexity index is 437. The largest absolute Gasteiger partial charge is 0.296 e. The van der Waals surface area contributed by atoms with Gasteiger partial charge in [-0.15, -0.1) is 11.3 Å². The van der Waals surface area contributed by atoms with Gasteiger partial charge in [-0.3, -0.25) is 4.79 Å². The minimum Gasteiger partial charge on any atom is -0.296 e. The Balaban J connectivity index is 2.40. The lowest BCUT2D eigenvalue weighted by Gasteiger charge is -1.83. The average Bonchev–Trinajstić information content (AvgIpc) is 2.71. The van der Waals surface area contributed by atoms with Crippen LogP contribution in [0.3, 0.4) is 0 Å². The topological polar surface area (TPSA) is 42.9 Å². The summed E-state index contributed by atoms with van der Waals surface area (Å²) in [5.41, 5.74) is 0.436. The molecule has 0 N–H and O–H groups in total. The summed E-state index contributed by atoms with van der Waals surface area (Å²) in [4.78, 5) is 18.5. The highest BCUT2D eigenvalue weighted by Crippen LogP contribution is 2.29. The van der Waals surface area contributed by atoms with E-state index in [0.717, 1.165) is 16.3 Å². The molecule has 2 heterocycles. The van der Waals surface area contributed by atoms with Gasteiger partial charge in [0.25, 0.3) is 0 Å². The molecule has 0 aliphatic heterocycles. The van der Waals surface area contributed by atoms with Crippen LogP contribution in [0, 0.1) is 0 Å². The zero-order valence-corrected chi connectivity index (χ0v) is 8.62. The van der Waals surface area contributed by atoms with Crippen LogP contribution >= 0.6 is 34.3 Å². The van der Waals surface area contributed by atoms with E-state index in [9.17, 15) is 4.79 Å². The van der Waals surface area contributed by atoms with Crippen LogP contribution in [0.1, 0.15) is 10.5 Å². The summed E-state index contributed by atoms with van der Waals surface area (Å²) < 4.78 is 0.623. The van der Waals surface area contributed by atoms with Crippen molar-refractivity contribution in [3.8, 4) is 10.0 Å². The number of carbonyl (C=O) groups is 1. The third kappa shape index (κ3) is 1.77. The van der Waals surface area contributed by atoms with Crippen LogP contribution in [0.4, 0.5) is 0 Å². The highest BCUT2D eigenvalue weighted by atomic mass is 35.5. The molecule has 0 fully saturated rings. The number of hydrogen-bond donors (Lipinski definition) is 0. The molecule has 0 saturated heterocycles. The third-order valence-electron chi connectivity index (χ3n) is 1.30. The summed E-state index contributed by atoms with van der Waals surface area (Å²) in [6.45, 7) is 0. The smallest absolute Gasteiger partial charge is 0.169 e. The lowest BCUT2D eigenvalue weighted by Crippen LogP contribution is -1.78. The van der Waals surface area contributed by atoms with E-state index in [2.05, 4.69) is 9.97 Å². The zero-order valence-electron chi connectivity index (χ0n) is 6.23. The van der Waals surface area contributed by atoms with E-state index in [0.29, 0.717) is 10.0 Å². The van der Waals surface area contributed by atoms with Gasteiger partial charge < -0.3 is 0 Å². The molecule has 6 heteroatoms. The zero-order chi connectivity index (χ0) is 9.26. The highest BCUT2D eigenvalue weighted by molar-refractivity contribution is 7.22. The van der Waals surface area contributed by atoms with Crippen LogP contribution in [0.15, 0.2) is 11.6 Å². The molecule has 0 spiro atoms. The van der Waals surface area contributed by atoms with Crippen molar-refractivity contribution in [1.29, 1.82) is 0 Å². The van der Waals surface area contributed by atoms with E-state index in [1.54, 1.807) is 11.6 Å².